The van der Waals surface area contributed by atoms with Crippen molar-refractivity contribution in [1.29, 1.82) is 0 Å². The van der Waals surface area contributed by atoms with Crippen LogP contribution in [-0.4, -0.2) is 66.7 Å². The maximum absolute atomic E-state index is 13.1. The molecule has 1 atom stereocenters. The van der Waals surface area contributed by atoms with Crippen molar-refractivity contribution in [2.75, 3.05) is 50.8 Å². The van der Waals surface area contributed by atoms with Gasteiger partial charge in [-0.3, -0.25) is 9.69 Å². The molecule has 8 heteroatoms. The maximum atomic E-state index is 13.1. The molecule has 0 radical (unpaired) electrons. The Hall–Kier alpha value is -3.52. The zero-order valence-electron chi connectivity index (χ0n) is 22.9. The molecule has 1 aliphatic heterocycles. The molecule has 1 amide bonds. The first kappa shape index (κ1) is 28.0. The van der Waals surface area contributed by atoms with Crippen molar-refractivity contribution in [2.24, 2.45) is 0 Å². The van der Waals surface area contributed by atoms with Crippen LogP contribution in [0.2, 0.25) is 5.02 Å². The summed E-state index contributed by atoms with van der Waals surface area (Å²) in [7, 11) is 0. The molecule has 0 unspecified atom stereocenters. The molecule has 0 bridgehead atoms. The van der Waals surface area contributed by atoms with Gasteiger partial charge in [-0.25, -0.2) is 9.97 Å². The number of carbonyl (C=O) groups excluding carboxylic acids is 1. The Morgan fingerprint density at radius 2 is 1.70 bits per heavy atom. The van der Waals surface area contributed by atoms with Crippen molar-refractivity contribution >= 4 is 34.2 Å². The van der Waals surface area contributed by atoms with Crippen LogP contribution in [0.3, 0.4) is 0 Å². The SMILES string of the molecule is C[C@@H](NC(=O)CCN(CCCN1CCOCC1)c1nc(-c2ccccc2Cl)nc2ccccc12)c1ccccc1. The lowest BCUT2D eigenvalue weighted by molar-refractivity contribution is -0.121. The zero-order valence-corrected chi connectivity index (χ0v) is 23.7. The van der Waals surface area contributed by atoms with E-state index in [-0.39, 0.29) is 11.9 Å². The molecule has 1 aromatic heterocycles. The van der Waals surface area contributed by atoms with Gasteiger partial charge < -0.3 is 15.0 Å². The first-order valence-electron chi connectivity index (χ1n) is 14.0. The molecule has 1 fully saturated rings. The predicted octanol–water partition coefficient (Wildman–Crippen LogP) is 5.75. The van der Waals surface area contributed by atoms with E-state index in [4.69, 9.17) is 26.3 Å². The Bertz CT molecular complexity index is 1410. The second kappa shape index (κ2) is 13.7. The second-order valence-electron chi connectivity index (χ2n) is 10.1. The Balaban J connectivity index is 1.39. The molecule has 1 N–H and O–H groups in total. The summed E-state index contributed by atoms with van der Waals surface area (Å²) >= 11 is 6.55. The standard InChI is InChI=1S/C32H36ClN5O2/c1-24(25-10-3-2-4-11-25)34-30(39)16-19-38(18-9-17-37-20-22-40-23-21-37)32-27-13-6-8-15-29(27)35-31(36-32)26-12-5-7-14-28(26)33/h2-8,10-15,24H,9,16-23H2,1H3,(H,34,39)/t24-/m1/s1. The molecule has 3 aromatic carbocycles. The number of aromatic nitrogens is 2. The van der Waals surface area contributed by atoms with Gasteiger partial charge >= 0.3 is 0 Å². The summed E-state index contributed by atoms with van der Waals surface area (Å²) in [6.07, 6.45) is 1.30. The number of para-hydroxylation sites is 1. The Morgan fingerprint density at radius 3 is 2.50 bits per heavy atom. The molecule has 2 heterocycles. The molecule has 0 aliphatic carbocycles. The first-order valence-corrected chi connectivity index (χ1v) is 14.4. The van der Waals surface area contributed by atoms with Gasteiger partial charge in [0, 0.05) is 50.1 Å². The van der Waals surface area contributed by atoms with Crippen molar-refractivity contribution in [2.45, 2.75) is 25.8 Å². The molecule has 40 heavy (non-hydrogen) atoms. The summed E-state index contributed by atoms with van der Waals surface area (Å²) < 4.78 is 5.51. The third kappa shape index (κ3) is 7.16. The van der Waals surface area contributed by atoms with E-state index in [0.717, 1.165) is 73.7 Å². The van der Waals surface area contributed by atoms with Crippen molar-refractivity contribution < 1.29 is 9.53 Å². The van der Waals surface area contributed by atoms with Crippen LogP contribution in [0.25, 0.3) is 22.3 Å². The van der Waals surface area contributed by atoms with Crippen LogP contribution >= 0.6 is 11.6 Å². The van der Waals surface area contributed by atoms with Gasteiger partial charge in [-0.1, -0.05) is 66.2 Å². The van der Waals surface area contributed by atoms with Gasteiger partial charge in [0.1, 0.15) is 5.82 Å². The molecule has 7 nitrogen and oxygen atoms in total. The van der Waals surface area contributed by atoms with E-state index in [1.807, 2.05) is 85.8 Å². The fraction of sp³-hybridized carbons (Fsp3) is 0.344. The number of carbonyl (C=O) groups is 1. The van der Waals surface area contributed by atoms with E-state index >= 15 is 0 Å². The number of morpholine rings is 1. The smallest absolute Gasteiger partial charge is 0.222 e. The van der Waals surface area contributed by atoms with E-state index in [0.29, 0.717) is 23.8 Å². The normalized spacial score (nSPS) is 14.7. The van der Waals surface area contributed by atoms with E-state index < -0.39 is 0 Å². The molecule has 4 aromatic rings. The number of anilines is 1. The summed E-state index contributed by atoms with van der Waals surface area (Å²) in [5.41, 5.74) is 2.73. The number of hydrogen-bond acceptors (Lipinski definition) is 6. The summed E-state index contributed by atoms with van der Waals surface area (Å²) in [6.45, 7) is 7.75. The number of nitrogens with one attached hydrogen (secondary N) is 1. The highest BCUT2D eigenvalue weighted by Gasteiger charge is 2.19. The van der Waals surface area contributed by atoms with Gasteiger partial charge in [0.05, 0.1) is 29.8 Å². The fourth-order valence-electron chi connectivity index (χ4n) is 5.07. The molecule has 1 aliphatic rings. The first-order chi connectivity index (χ1) is 19.6. The van der Waals surface area contributed by atoms with E-state index in [2.05, 4.69) is 15.1 Å². The number of ether oxygens (including phenoxy) is 1. The lowest BCUT2D eigenvalue weighted by atomic mass is 10.1. The Kier molecular flexibility index (Phi) is 9.60. The molecular weight excluding hydrogens is 522 g/mol. The van der Waals surface area contributed by atoms with E-state index in [1.165, 1.54) is 0 Å². The molecule has 5 rings (SSSR count). The number of amides is 1. The molecule has 1 saturated heterocycles. The van der Waals surface area contributed by atoms with E-state index in [1.54, 1.807) is 0 Å². The highest BCUT2D eigenvalue weighted by atomic mass is 35.5. The maximum Gasteiger partial charge on any atom is 0.222 e. The lowest BCUT2D eigenvalue weighted by Gasteiger charge is -2.29. The van der Waals surface area contributed by atoms with Crippen LogP contribution in [0.5, 0.6) is 0 Å². The van der Waals surface area contributed by atoms with Crippen LogP contribution < -0.4 is 10.2 Å². The topological polar surface area (TPSA) is 70.6 Å². The van der Waals surface area contributed by atoms with Crippen LogP contribution in [0.4, 0.5) is 5.82 Å². The summed E-state index contributed by atoms with van der Waals surface area (Å²) in [6, 6.07) is 25.7. The van der Waals surface area contributed by atoms with Gasteiger partial charge in [0.15, 0.2) is 5.82 Å². The van der Waals surface area contributed by atoms with Crippen molar-refractivity contribution in [3.8, 4) is 11.4 Å². The highest BCUT2D eigenvalue weighted by molar-refractivity contribution is 6.33. The summed E-state index contributed by atoms with van der Waals surface area (Å²) in [5, 5.41) is 4.72. The minimum absolute atomic E-state index is 0.0132. The number of rotatable bonds is 11. The monoisotopic (exact) mass is 557 g/mol. The zero-order chi connectivity index (χ0) is 27.7. The number of halogens is 1. The molecule has 0 spiro atoms. The lowest BCUT2D eigenvalue weighted by Crippen LogP contribution is -2.39. The van der Waals surface area contributed by atoms with Crippen molar-refractivity contribution in [3.05, 3.63) is 89.4 Å². The summed E-state index contributed by atoms with van der Waals surface area (Å²) in [5.74, 6) is 1.42. The Morgan fingerprint density at radius 1 is 0.975 bits per heavy atom. The molecule has 208 valence electrons. The number of nitrogens with zero attached hydrogens (tertiary/aromatic N) is 4. The quantitative estimate of drug-likeness (QED) is 0.253. The largest absolute Gasteiger partial charge is 0.379 e. The number of fused-ring (bicyclic) bond motifs is 1. The van der Waals surface area contributed by atoms with Gasteiger partial charge in [-0.05, 0) is 43.2 Å². The minimum Gasteiger partial charge on any atom is -0.379 e. The van der Waals surface area contributed by atoms with Crippen molar-refractivity contribution in [3.63, 3.8) is 0 Å². The van der Waals surface area contributed by atoms with Crippen LogP contribution in [0.1, 0.15) is 31.4 Å². The molecule has 0 saturated carbocycles. The van der Waals surface area contributed by atoms with E-state index in [9.17, 15) is 4.79 Å². The predicted molar refractivity (Wildman–Crippen MR) is 162 cm³/mol. The number of hydrogen-bond donors (Lipinski definition) is 1. The Labute approximate surface area is 241 Å². The van der Waals surface area contributed by atoms with Crippen LogP contribution in [0, 0.1) is 0 Å². The minimum atomic E-state index is -0.0600. The van der Waals surface area contributed by atoms with Crippen molar-refractivity contribution in [1.82, 2.24) is 20.2 Å². The van der Waals surface area contributed by atoms with Crippen LogP contribution in [-0.2, 0) is 9.53 Å². The number of benzene rings is 3. The average molecular weight is 558 g/mol. The van der Waals surface area contributed by atoms with Gasteiger partial charge in [-0.2, -0.15) is 0 Å². The highest BCUT2D eigenvalue weighted by Crippen LogP contribution is 2.31. The molecular formula is C32H36ClN5O2. The van der Waals surface area contributed by atoms with Gasteiger partial charge in [0.25, 0.3) is 0 Å². The van der Waals surface area contributed by atoms with Crippen LogP contribution in [0.15, 0.2) is 78.9 Å². The van der Waals surface area contributed by atoms with Gasteiger partial charge in [-0.15, -0.1) is 0 Å². The fourth-order valence-corrected chi connectivity index (χ4v) is 5.29. The third-order valence-electron chi connectivity index (χ3n) is 7.29. The second-order valence-corrected chi connectivity index (χ2v) is 10.5. The van der Waals surface area contributed by atoms with Gasteiger partial charge in [0.2, 0.25) is 5.91 Å². The average Bonchev–Trinajstić information content (AvgIpc) is 2.99. The summed E-state index contributed by atoms with van der Waals surface area (Å²) in [4.78, 5) is 27.6. The third-order valence-corrected chi connectivity index (χ3v) is 7.62.